The van der Waals surface area contributed by atoms with E-state index in [1.165, 1.54) is 34.2 Å². The van der Waals surface area contributed by atoms with Crippen LogP contribution in [0.3, 0.4) is 0 Å². The number of thiophene rings is 1. The van der Waals surface area contributed by atoms with E-state index >= 15 is 0 Å². The first-order chi connectivity index (χ1) is 15.5. The van der Waals surface area contributed by atoms with Crippen molar-refractivity contribution in [2.75, 3.05) is 0 Å². The minimum atomic E-state index is -0.328. The number of hydrogen-bond acceptors (Lipinski definition) is 5. The van der Waals surface area contributed by atoms with Crippen LogP contribution in [0.25, 0.3) is 10.2 Å². The molecule has 0 spiro atoms. The molecule has 2 aromatic heterocycles. The Kier molecular flexibility index (Phi) is 7.36. The lowest BCUT2D eigenvalue weighted by Crippen LogP contribution is -2.38. The molecule has 0 radical (unpaired) electrons. The molecule has 5 nitrogen and oxygen atoms in total. The van der Waals surface area contributed by atoms with Crippen molar-refractivity contribution in [1.82, 2.24) is 14.9 Å². The molecule has 0 fully saturated rings. The molecule has 0 saturated carbocycles. The van der Waals surface area contributed by atoms with Crippen molar-refractivity contribution in [2.45, 2.75) is 82.3 Å². The number of hydrogen-bond donors (Lipinski definition) is 1. The Morgan fingerprint density at radius 1 is 1.22 bits per heavy atom. The smallest absolute Gasteiger partial charge is 0.263 e. The van der Waals surface area contributed by atoms with Crippen molar-refractivity contribution in [3.05, 3.63) is 56.7 Å². The van der Waals surface area contributed by atoms with E-state index in [4.69, 9.17) is 4.98 Å². The van der Waals surface area contributed by atoms with Gasteiger partial charge in [0.15, 0.2) is 5.16 Å². The zero-order chi connectivity index (χ0) is 22.7. The molecule has 0 unspecified atom stereocenters. The molecule has 4 rings (SSSR count). The highest BCUT2D eigenvalue weighted by atomic mass is 32.2. The maximum absolute atomic E-state index is 13.3. The van der Waals surface area contributed by atoms with Crippen LogP contribution in [0.1, 0.15) is 56.0 Å². The number of aryl methyl sites for hydroxylation is 3. The molecular formula is C25H31N3O2S2. The molecular weight excluding hydrogens is 438 g/mol. The molecule has 1 aromatic carbocycles. The second-order valence-corrected chi connectivity index (χ2v) is 10.9. The van der Waals surface area contributed by atoms with Crippen LogP contribution < -0.4 is 10.9 Å². The van der Waals surface area contributed by atoms with Crippen molar-refractivity contribution >= 4 is 39.2 Å². The normalized spacial score (nSPS) is 15.3. The predicted octanol–water partition coefficient (Wildman–Crippen LogP) is 4.97. The Hall–Kier alpha value is -2.12. The third-order valence-corrected chi connectivity index (χ3v) is 8.38. The lowest BCUT2D eigenvalue weighted by molar-refractivity contribution is -0.120. The molecule has 0 saturated heterocycles. The van der Waals surface area contributed by atoms with Crippen LogP contribution in [0.5, 0.6) is 0 Å². The second-order valence-electron chi connectivity index (χ2n) is 8.53. The average Bonchev–Trinajstić information content (AvgIpc) is 3.17. The van der Waals surface area contributed by atoms with E-state index in [9.17, 15) is 9.59 Å². The number of benzene rings is 1. The van der Waals surface area contributed by atoms with E-state index in [0.29, 0.717) is 11.7 Å². The number of fused-ring (bicyclic) bond motifs is 3. The SMILES string of the molecule is CCn1c(S[C@@H](C)C(=O)N[C@H](C)CCc2ccccc2)nc2sc3c(c2c1=O)CCCC3. The maximum atomic E-state index is 13.3. The van der Waals surface area contributed by atoms with Gasteiger partial charge in [-0.25, -0.2) is 4.98 Å². The Bertz CT molecular complexity index is 1150. The molecule has 3 aromatic rings. The first-order valence-corrected chi connectivity index (χ1v) is 13.2. The molecule has 32 heavy (non-hydrogen) atoms. The largest absolute Gasteiger partial charge is 0.353 e. The number of carbonyl (C=O) groups excluding carboxylic acids is 1. The quantitative estimate of drug-likeness (QED) is 0.373. The summed E-state index contributed by atoms with van der Waals surface area (Å²) in [5.74, 6) is -0.0157. The van der Waals surface area contributed by atoms with Gasteiger partial charge in [0.05, 0.1) is 10.6 Å². The van der Waals surface area contributed by atoms with Crippen molar-refractivity contribution in [2.24, 2.45) is 0 Å². The molecule has 7 heteroatoms. The second kappa shape index (κ2) is 10.2. The van der Waals surface area contributed by atoms with Gasteiger partial charge in [-0.1, -0.05) is 42.1 Å². The molecule has 0 bridgehead atoms. The summed E-state index contributed by atoms with van der Waals surface area (Å²) >= 11 is 3.04. The number of rotatable bonds is 8. The summed E-state index contributed by atoms with van der Waals surface area (Å²) in [6, 6.07) is 10.4. The van der Waals surface area contributed by atoms with E-state index < -0.39 is 0 Å². The Morgan fingerprint density at radius 3 is 2.72 bits per heavy atom. The van der Waals surface area contributed by atoms with Gasteiger partial charge in [0.25, 0.3) is 5.56 Å². The summed E-state index contributed by atoms with van der Waals surface area (Å²) in [6.45, 7) is 6.45. The highest BCUT2D eigenvalue weighted by molar-refractivity contribution is 8.00. The summed E-state index contributed by atoms with van der Waals surface area (Å²) in [5.41, 5.74) is 2.54. The molecule has 170 valence electrons. The van der Waals surface area contributed by atoms with E-state index in [-0.39, 0.29) is 22.8 Å². The summed E-state index contributed by atoms with van der Waals surface area (Å²) in [4.78, 5) is 33.1. The van der Waals surface area contributed by atoms with Crippen LogP contribution in [0.4, 0.5) is 0 Å². The highest BCUT2D eigenvalue weighted by Crippen LogP contribution is 2.35. The number of amides is 1. The van der Waals surface area contributed by atoms with Gasteiger partial charge in [-0.2, -0.15) is 0 Å². The van der Waals surface area contributed by atoms with Gasteiger partial charge in [0.2, 0.25) is 5.91 Å². The molecule has 1 aliphatic carbocycles. The standard InChI is InChI=1S/C25H31N3O2S2/c1-4-28-24(30)21-19-12-8-9-13-20(19)32-23(21)27-25(28)31-17(3)22(29)26-16(2)14-15-18-10-6-5-7-11-18/h5-7,10-11,16-17H,4,8-9,12-15H2,1-3H3,(H,26,29)/t16-,17+/m1/s1. The van der Waals surface area contributed by atoms with Gasteiger partial charge in [0, 0.05) is 17.5 Å². The molecule has 1 amide bonds. The number of nitrogens with one attached hydrogen (secondary N) is 1. The summed E-state index contributed by atoms with van der Waals surface area (Å²) in [6.07, 6.45) is 6.16. The fraction of sp³-hybridized carbons (Fsp3) is 0.480. The highest BCUT2D eigenvalue weighted by Gasteiger charge is 2.24. The molecule has 2 atom stereocenters. The number of nitrogens with zero attached hydrogens (tertiary/aromatic N) is 2. The maximum Gasteiger partial charge on any atom is 0.263 e. The summed E-state index contributed by atoms with van der Waals surface area (Å²) in [5, 5.41) is 4.25. The summed E-state index contributed by atoms with van der Waals surface area (Å²) < 4.78 is 1.73. The predicted molar refractivity (Wildman–Crippen MR) is 134 cm³/mol. The fourth-order valence-electron chi connectivity index (χ4n) is 4.26. The molecule has 2 heterocycles. The van der Waals surface area contributed by atoms with Crippen molar-refractivity contribution in [3.8, 4) is 0 Å². The topological polar surface area (TPSA) is 64.0 Å². The van der Waals surface area contributed by atoms with Gasteiger partial charge in [-0.15, -0.1) is 11.3 Å². The third kappa shape index (κ3) is 4.94. The first kappa shape index (κ1) is 23.1. The van der Waals surface area contributed by atoms with Crippen LogP contribution in [0.2, 0.25) is 0 Å². The average molecular weight is 470 g/mol. The fourth-order valence-corrected chi connectivity index (χ4v) is 6.54. The Morgan fingerprint density at radius 2 is 1.97 bits per heavy atom. The Balaban J connectivity index is 1.46. The third-order valence-electron chi connectivity index (χ3n) is 6.10. The van der Waals surface area contributed by atoms with Gasteiger partial charge in [-0.05, 0) is 70.4 Å². The first-order valence-electron chi connectivity index (χ1n) is 11.5. The van der Waals surface area contributed by atoms with Crippen LogP contribution in [0, 0.1) is 0 Å². The van der Waals surface area contributed by atoms with E-state index in [2.05, 4.69) is 17.4 Å². The number of aromatic nitrogens is 2. The van der Waals surface area contributed by atoms with Crippen LogP contribution in [-0.4, -0.2) is 26.8 Å². The Labute approximate surface area is 197 Å². The van der Waals surface area contributed by atoms with Crippen molar-refractivity contribution < 1.29 is 4.79 Å². The lowest BCUT2D eigenvalue weighted by atomic mass is 9.97. The number of carbonyl (C=O) groups is 1. The minimum absolute atomic E-state index is 0.0157. The van der Waals surface area contributed by atoms with Gasteiger partial charge >= 0.3 is 0 Å². The van der Waals surface area contributed by atoms with Gasteiger partial charge < -0.3 is 5.32 Å². The van der Waals surface area contributed by atoms with Crippen molar-refractivity contribution in [3.63, 3.8) is 0 Å². The number of thioether (sulfide) groups is 1. The minimum Gasteiger partial charge on any atom is -0.353 e. The zero-order valence-electron chi connectivity index (χ0n) is 19.0. The van der Waals surface area contributed by atoms with Crippen LogP contribution in [0.15, 0.2) is 40.3 Å². The molecule has 0 aliphatic heterocycles. The van der Waals surface area contributed by atoms with Gasteiger partial charge in [-0.3, -0.25) is 14.2 Å². The molecule has 1 aliphatic rings. The van der Waals surface area contributed by atoms with Gasteiger partial charge in [0.1, 0.15) is 4.83 Å². The lowest BCUT2D eigenvalue weighted by Gasteiger charge is -2.18. The van der Waals surface area contributed by atoms with E-state index in [1.54, 1.807) is 15.9 Å². The van der Waals surface area contributed by atoms with E-state index in [0.717, 1.165) is 42.3 Å². The van der Waals surface area contributed by atoms with Crippen LogP contribution >= 0.6 is 23.1 Å². The summed E-state index contributed by atoms with van der Waals surface area (Å²) in [7, 11) is 0. The van der Waals surface area contributed by atoms with E-state index in [1.807, 2.05) is 39.0 Å². The molecule has 1 N–H and O–H groups in total. The van der Waals surface area contributed by atoms with Crippen molar-refractivity contribution in [1.29, 1.82) is 0 Å². The monoisotopic (exact) mass is 469 g/mol. The van der Waals surface area contributed by atoms with Crippen LogP contribution in [-0.2, 0) is 30.6 Å². The zero-order valence-corrected chi connectivity index (χ0v) is 20.7.